The van der Waals surface area contributed by atoms with Gasteiger partial charge in [-0.1, -0.05) is 36.4 Å². The molecule has 1 aliphatic heterocycles. The fourth-order valence-corrected chi connectivity index (χ4v) is 2.72. The molecule has 2 aromatic rings. The van der Waals surface area contributed by atoms with E-state index in [9.17, 15) is 10.1 Å². The van der Waals surface area contributed by atoms with Gasteiger partial charge in [-0.15, -0.1) is 12.4 Å². The van der Waals surface area contributed by atoms with Crippen LogP contribution in [0.4, 0.5) is 5.69 Å². The lowest BCUT2D eigenvalue weighted by Gasteiger charge is -2.28. The van der Waals surface area contributed by atoms with E-state index < -0.39 is 0 Å². The van der Waals surface area contributed by atoms with E-state index in [1.165, 1.54) is 17.2 Å². The third-order valence-corrected chi connectivity index (χ3v) is 3.74. The van der Waals surface area contributed by atoms with Gasteiger partial charge in [-0.2, -0.15) is 0 Å². The first kappa shape index (κ1) is 15.5. The van der Waals surface area contributed by atoms with Gasteiger partial charge in [-0.25, -0.2) is 0 Å². The molecule has 0 radical (unpaired) electrons. The van der Waals surface area contributed by atoms with Gasteiger partial charge in [-0.05, 0) is 23.1 Å². The molecule has 0 amide bonds. The highest BCUT2D eigenvalue weighted by molar-refractivity contribution is 5.85. The second-order valence-corrected chi connectivity index (χ2v) is 5.16. The van der Waals surface area contributed by atoms with Gasteiger partial charge in [0, 0.05) is 31.8 Å². The van der Waals surface area contributed by atoms with Crippen molar-refractivity contribution >= 4 is 18.1 Å². The molecular formula is C16H17ClN2O2. The zero-order valence-corrected chi connectivity index (χ0v) is 12.4. The summed E-state index contributed by atoms with van der Waals surface area (Å²) in [5.41, 5.74) is 3.95. The number of benzene rings is 2. The number of hydrogen-bond acceptors (Lipinski definition) is 3. The van der Waals surface area contributed by atoms with Crippen LogP contribution in [0, 0.1) is 10.1 Å². The molecule has 1 aliphatic rings. The normalized spacial score (nSPS) is 14.1. The Morgan fingerprint density at radius 1 is 1.10 bits per heavy atom. The highest BCUT2D eigenvalue weighted by Crippen LogP contribution is 2.21. The molecule has 0 fully saturated rings. The molecule has 0 saturated heterocycles. The summed E-state index contributed by atoms with van der Waals surface area (Å²) in [6.45, 7) is 2.68. The van der Waals surface area contributed by atoms with Crippen molar-refractivity contribution < 1.29 is 4.92 Å². The predicted molar refractivity (Wildman–Crippen MR) is 84.6 cm³/mol. The Labute approximate surface area is 130 Å². The highest BCUT2D eigenvalue weighted by atomic mass is 35.5. The Kier molecular flexibility index (Phi) is 4.94. The number of nitrogens with zero attached hydrogens (tertiary/aromatic N) is 2. The van der Waals surface area contributed by atoms with Crippen LogP contribution in [0.15, 0.2) is 48.5 Å². The second kappa shape index (κ2) is 6.70. The van der Waals surface area contributed by atoms with E-state index >= 15 is 0 Å². The third kappa shape index (κ3) is 3.60. The molecule has 0 bridgehead atoms. The summed E-state index contributed by atoms with van der Waals surface area (Å²) in [5, 5.41) is 10.8. The molecule has 110 valence electrons. The van der Waals surface area contributed by atoms with E-state index in [1.807, 2.05) is 6.07 Å². The molecule has 0 aromatic heterocycles. The molecule has 0 saturated carbocycles. The third-order valence-electron chi connectivity index (χ3n) is 3.74. The number of nitro groups is 1. The van der Waals surface area contributed by atoms with Crippen LogP contribution in [-0.2, 0) is 19.5 Å². The van der Waals surface area contributed by atoms with E-state index in [0.717, 1.165) is 31.6 Å². The van der Waals surface area contributed by atoms with Crippen LogP contribution in [0.2, 0.25) is 0 Å². The van der Waals surface area contributed by atoms with E-state index in [-0.39, 0.29) is 23.0 Å². The lowest BCUT2D eigenvalue weighted by molar-refractivity contribution is -0.384. The molecule has 4 nitrogen and oxygen atoms in total. The van der Waals surface area contributed by atoms with Crippen molar-refractivity contribution in [3.8, 4) is 0 Å². The quantitative estimate of drug-likeness (QED) is 0.643. The summed E-state index contributed by atoms with van der Waals surface area (Å²) in [5.74, 6) is 0. The zero-order valence-electron chi connectivity index (χ0n) is 11.6. The number of hydrogen-bond donors (Lipinski definition) is 0. The first-order valence-electron chi connectivity index (χ1n) is 6.75. The van der Waals surface area contributed by atoms with E-state index in [1.54, 1.807) is 12.1 Å². The van der Waals surface area contributed by atoms with Gasteiger partial charge >= 0.3 is 0 Å². The van der Waals surface area contributed by atoms with Crippen molar-refractivity contribution in [3.05, 3.63) is 75.3 Å². The fraction of sp³-hybridized carbons (Fsp3) is 0.250. The van der Waals surface area contributed by atoms with Gasteiger partial charge in [0.1, 0.15) is 0 Å². The Hall–Kier alpha value is -1.91. The standard InChI is InChI=1S/C16H16N2O2.ClH/c19-18(20)16-7-3-4-13(10-16)11-17-9-8-14-5-1-2-6-15(14)12-17;/h1-7,10H,8-9,11-12H2;1H. The molecule has 1 heterocycles. The number of rotatable bonds is 3. The Morgan fingerprint density at radius 2 is 1.86 bits per heavy atom. The minimum absolute atomic E-state index is 0. The Balaban J connectivity index is 0.00000161. The van der Waals surface area contributed by atoms with Crippen molar-refractivity contribution in [2.24, 2.45) is 0 Å². The van der Waals surface area contributed by atoms with E-state index in [0.29, 0.717) is 0 Å². The van der Waals surface area contributed by atoms with Crippen LogP contribution in [0.5, 0.6) is 0 Å². The molecule has 21 heavy (non-hydrogen) atoms. The van der Waals surface area contributed by atoms with Gasteiger partial charge < -0.3 is 0 Å². The summed E-state index contributed by atoms with van der Waals surface area (Å²) in [6.07, 6.45) is 1.05. The van der Waals surface area contributed by atoms with Gasteiger partial charge in [-0.3, -0.25) is 15.0 Å². The first-order chi connectivity index (χ1) is 9.72. The van der Waals surface area contributed by atoms with Crippen molar-refractivity contribution in [1.82, 2.24) is 4.90 Å². The Morgan fingerprint density at radius 3 is 2.62 bits per heavy atom. The maximum atomic E-state index is 10.8. The molecule has 0 spiro atoms. The average molecular weight is 305 g/mol. The zero-order chi connectivity index (χ0) is 13.9. The minimum Gasteiger partial charge on any atom is -0.294 e. The maximum absolute atomic E-state index is 10.8. The topological polar surface area (TPSA) is 46.4 Å². The summed E-state index contributed by atoms with van der Waals surface area (Å²) < 4.78 is 0. The van der Waals surface area contributed by atoms with Gasteiger partial charge in [0.05, 0.1) is 4.92 Å². The molecule has 5 heteroatoms. The van der Waals surface area contributed by atoms with Crippen molar-refractivity contribution in [2.75, 3.05) is 6.54 Å². The lowest BCUT2D eigenvalue weighted by atomic mass is 9.99. The number of halogens is 1. The molecule has 2 aromatic carbocycles. The maximum Gasteiger partial charge on any atom is 0.269 e. The summed E-state index contributed by atoms with van der Waals surface area (Å²) in [4.78, 5) is 12.8. The monoisotopic (exact) mass is 304 g/mol. The summed E-state index contributed by atoms with van der Waals surface area (Å²) in [6, 6.07) is 15.4. The minimum atomic E-state index is -0.338. The summed E-state index contributed by atoms with van der Waals surface area (Å²) in [7, 11) is 0. The largest absolute Gasteiger partial charge is 0.294 e. The molecular weight excluding hydrogens is 288 g/mol. The smallest absolute Gasteiger partial charge is 0.269 e. The van der Waals surface area contributed by atoms with Crippen LogP contribution in [0.1, 0.15) is 16.7 Å². The molecule has 3 rings (SSSR count). The van der Waals surface area contributed by atoms with E-state index in [4.69, 9.17) is 0 Å². The summed E-state index contributed by atoms with van der Waals surface area (Å²) >= 11 is 0. The first-order valence-corrected chi connectivity index (χ1v) is 6.75. The van der Waals surface area contributed by atoms with Gasteiger partial charge in [0.25, 0.3) is 5.69 Å². The molecule has 0 atom stereocenters. The van der Waals surface area contributed by atoms with Crippen LogP contribution in [-0.4, -0.2) is 16.4 Å². The fourth-order valence-electron chi connectivity index (χ4n) is 2.72. The number of fused-ring (bicyclic) bond motifs is 1. The van der Waals surface area contributed by atoms with Crippen molar-refractivity contribution in [1.29, 1.82) is 0 Å². The molecule has 0 N–H and O–H groups in total. The number of nitro benzene ring substituents is 1. The lowest BCUT2D eigenvalue weighted by Crippen LogP contribution is -2.29. The van der Waals surface area contributed by atoms with Crippen LogP contribution in [0.3, 0.4) is 0 Å². The van der Waals surface area contributed by atoms with Crippen molar-refractivity contribution in [3.63, 3.8) is 0 Å². The van der Waals surface area contributed by atoms with Gasteiger partial charge in [0.15, 0.2) is 0 Å². The molecule has 0 unspecified atom stereocenters. The SMILES string of the molecule is Cl.O=[N+]([O-])c1cccc(CN2CCc3ccccc3C2)c1. The van der Waals surface area contributed by atoms with Crippen LogP contribution >= 0.6 is 12.4 Å². The van der Waals surface area contributed by atoms with Crippen molar-refractivity contribution in [2.45, 2.75) is 19.5 Å². The van der Waals surface area contributed by atoms with Crippen LogP contribution in [0.25, 0.3) is 0 Å². The highest BCUT2D eigenvalue weighted by Gasteiger charge is 2.16. The van der Waals surface area contributed by atoms with Gasteiger partial charge in [0.2, 0.25) is 0 Å². The predicted octanol–water partition coefficient (Wildman–Crippen LogP) is 3.57. The molecule has 0 aliphatic carbocycles. The average Bonchev–Trinajstić information content (AvgIpc) is 2.47. The van der Waals surface area contributed by atoms with Crippen LogP contribution < -0.4 is 0 Å². The second-order valence-electron chi connectivity index (χ2n) is 5.16. The number of non-ortho nitro benzene ring substituents is 1. The Bertz CT molecular complexity index is 646. The van der Waals surface area contributed by atoms with E-state index in [2.05, 4.69) is 29.2 Å².